The van der Waals surface area contributed by atoms with Crippen molar-refractivity contribution in [3.05, 3.63) is 0 Å². The summed E-state index contributed by atoms with van der Waals surface area (Å²) in [5.41, 5.74) is 0. The SMILES string of the molecule is CN=C(NCCN1CCN(C(=O)C2CCC2)CC1)N(C)CCC1CCOCC1.I. The maximum absolute atomic E-state index is 12.3. The van der Waals surface area contributed by atoms with E-state index in [1.165, 1.54) is 25.7 Å². The van der Waals surface area contributed by atoms with Gasteiger partial charge in [-0.1, -0.05) is 6.42 Å². The number of halogens is 1. The molecule has 1 amide bonds. The molecule has 8 heteroatoms. The number of carbonyl (C=O) groups is 1. The van der Waals surface area contributed by atoms with E-state index < -0.39 is 0 Å². The Balaban J connectivity index is 0.00000300. The molecule has 2 aliphatic heterocycles. The summed E-state index contributed by atoms with van der Waals surface area (Å²) >= 11 is 0. The predicted molar refractivity (Wildman–Crippen MR) is 128 cm³/mol. The first-order valence-electron chi connectivity index (χ1n) is 11.2. The van der Waals surface area contributed by atoms with Crippen LogP contribution in [0.3, 0.4) is 0 Å². The second-order valence-electron chi connectivity index (χ2n) is 8.53. The molecule has 1 aliphatic carbocycles. The number of ether oxygens (including phenoxy) is 1. The van der Waals surface area contributed by atoms with E-state index in [0.29, 0.717) is 11.8 Å². The lowest BCUT2D eigenvalue weighted by molar-refractivity contribution is -0.139. The first-order chi connectivity index (χ1) is 13.7. The summed E-state index contributed by atoms with van der Waals surface area (Å²) in [6.45, 7) is 8.50. The molecule has 0 aromatic heterocycles. The van der Waals surface area contributed by atoms with Gasteiger partial charge in [0, 0.05) is 79.0 Å². The monoisotopic (exact) mass is 521 g/mol. The van der Waals surface area contributed by atoms with Gasteiger partial charge in [0.15, 0.2) is 5.96 Å². The topological polar surface area (TPSA) is 60.4 Å². The molecule has 2 saturated heterocycles. The smallest absolute Gasteiger partial charge is 0.225 e. The van der Waals surface area contributed by atoms with Gasteiger partial charge in [-0.05, 0) is 38.0 Å². The molecule has 0 bridgehead atoms. The number of carbonyl (C=O) groups excluding carboxylic acids is 1. The molecular weight excluding hydrogens is 481 g/mol. The van der Waals surface area contributed by atoms with E-state index in [9.17, 15) is 4.79 Å². The average molecular weight is 521 g/mol. The lowest BCUT2D eigenvalue weighted by atomic mass is 9.84. The molecule has 0 radical (unpaired) electrons. The average Bonchev–Trinajstić information content (AvgIpc) is 2.69. The molecule has 3 rings (SSSR count). The number of hydrogen-bond acceptors (Lipinski definition) is 4. The standard InChI is InChI=1S/C21H39N5O2.HI/c1-22-21(24(2)10-6-18-7-16-28-17-8-18)23-9-11-25-12-14-26(15-13-25)20(27)19-4-3-5-19;/h18-19H,3-17H2,1-2H3,(H,22,23);1H. The third-order valence-corrected chi connectivity index (χ3v) is 6.64. The zero-order valence-electron chi connectivity index (χ0n) is 18.3. The van der Waals surface area contributed by atoms with Crippen LogP contribution < -0.4 is 5.32 Å². The van der Waals surface area contributed by atoms with E-state index in [2.05, 4.69) is 32.1 Å². The molecule has 0 spiro atoms. The molecular formula is C21H40IN5O2. The van der Waals surface area contributed by atoms with Gasteiger partial charge in [-0.25, -0.2) is 0 Å². The molecule has 0 aromatic carbocycles. The van der Waals surface area contributed by atoms with Crippen molar-refractivity contribution in [1.82, 2.24) is 20.0 Å². The Morgan fingerprint density at radius 1 is 1.14 bits per heavy atom. The van der Waals surface area contributed by atoms with Crippen molar-refractivity contribution in [3.63, 3.8) is 0 Å². The minimum Gasteiger partial charge on any atom is -0.381 e. The fourth-order valence-electron chi connectivity index (χ4n) is 4.33. The van der Waals surface area contributed by atoms with Crippen LogP contribution in [0.15, 0.2) is 4.99 Å². The number of hydrogen-bond donors (Lipinski definition) is 1. The summed E-state index contributed by atoms with van der Waals surface area (Å²) in [5, 5.41) is 3.50. The molecule has 7 nitrogen and oxygen atoms in total. The van der Waals surface area contributed by atoms with Crippen molar-refractivity contribution in [3.8, 4) is 0 Å². The Hall–Kier alpha value is -0.610. The van der Waals surface area contributed by atoms with E-state index in [1.54, 1.807) is 0 Å². The molecule has 1 saturated carbocycles. The van der Waals surface area contributed by atoms with Crippen LogP contribution in [0.1, 0.15) is 38.5 Å². The van der Waals surface area contributed by atoms with Gasteiger partial charge in [-0.3, -0.25) is 14.7 Å². The molecule has 29 heavy (non-hydrogen) atoms. The lowest BCUT2D eigenvalue weighted by Crippen LogP contribution is -2.52. The highest BCUT2D eigenvalue weighted by Gasteiger charge is 2.31. The van der Waals surface area contributed by atoms with E-state index in [4.69, 9.17) is 4.74 Å². The maximum Gasteiger partial charge on any atom is 0.225 e. The molecule has 1 N–H and O–H groups in total. The van der Waals surface area contributed by atoms with Gasteiger partial charge >= 0.3 is 0 Å². The van der Waals surface area contributed by atoms with Crippen LogP contribution in [0.2, 0.25) is 0 Å². The maximum atomic E-state index is 12.3. The van der Waals surface area contributed by atoms with Gasteiger partial charge in [0.05, 0.1) is 0 Å². The van der Waals surface area contributed by atoms with E-state index in [0.717, 1.165) is 83.7 Å². The van der Waals surface area contributed by atoms with Crippen LogP contribution in [-0.2, 0) is 9.53 Å². The quantitative estimate of drug-likeness (QED) is 0.315. The number of aliphatic imine (C=N–C) groups is 1. The first kappa shape index (κ1) is 24.7. The van der Waals surface area contributed by atoms with Crippen molar-refractivity contribution in [1.29, 1.82) is 0 Å². The van der Waals surface area contributed by atoms with Crippen molar-refractivity contribution in [2.75, 3.05) is 73.1 Å². The second-order valence-corrected chi connectivity index (χ2v) is 8.53. The van der Waals surface area contributed by atoms with Gasteiger partial charge in [0.1, 0.15) is 0 Å². The lowest BCUT2D eigenvalue weighted by Gasteiger charge is -2.38. The summed E-state index contributed by atoms with van der Waals surface area (Å²) in [6, 6.07) is 0. The third-order valence-electron chi connectivity index (χ3n) is 6.64. The van der Waals surface area contributed by atoms with Crippen LogP contribution in [0.4, 0.5) is 0 Å². The number of nitrogens with zero attached hydrogens (tertiary/aromatic N) is 4. The largest absolute Gasteiger partial charge is 0.381 e. The van der Waals surface area contributed by atoms with Gasteiger partial charge < -0.3 is 19.9 Å². The summed E-state index contributed by atoms with van der Waals surface area (Å²) < 4.78 is 5.45. The zero-order valence-corrected chi connectivity index (χ0v) is 20.6. The van der Waals surface area contributed by atoms with Crippen molar-refractivity contribution in [2.45, 2.75) is 38.5 Å². The van der Waals surface area contributed by atoms with Crippen molar-refractivity contribution < 1.29 is 9.53 Å². The van der Waals surface area contributed by atoms with E-state index in [-0.39, 0.29) is 24.0 Å². The molecule has 3 fully saturated rings. The fraction of sp³-hybridized carbons (Fsp3) is 0.905. The fourth-order valence-corrected chi connectivity index (χ4v) is 4.33. The molecule has 2 heterocycles. The predicted octanol–water partition coefficient (Wildman–Crippen LogP) is 1.87. The Bertz CT molecular complexity index is 515. The van der Waals surface area contributed by atoms with Crippen LogP contribution >= 0.6 is 24.0 Å². The van der Waals surface area contributed by atoms with E-state index in [1.807, 2.05) is 7.05 Å². The summed E-state index contributed by atoms with van der Waals surface area (Å²) in [4.78, 5) is 23.6. The molecule has 0 unspecified atom stereocenters. The Labute approximate surface area is 193 Å². The zero-order chi connectivity index (χ0) is 19.8. The minimum absolute atomic E-state index is 0. The molecule has 3 aliphatic rings. The Kier molecular flexibility index (Phi) is 11.0. The van der Waals surface area contributed by atoms with Crippen molar-refractivity contribution >= 4 is 35.8 Å². The Morgan fingerprint density at radius 3 is 2.41 bits per heavy atom. The van der Waals surface area contributed by atoms with Gasteiger partial charge in [0.2, 0.25) is 5.91 Å². The van der Waals surface area contributed by atoms with Crippen LogP contribution in [0, 0.1) is 11.8 Å². The summed E-state index contributed by atoms with van der Waals surface area (Å²) in [5.74, 6) is 2.49. The molecule has 168 valence electrons. The highest BCUT2D eigenvalue weighted by molar-refractivity contribution is 14.0. The summed E-state index contributed by atoms with van der Waals surface area (Å²) in [7, 11) is 3.98. The summed E-state index contributed by atoms with van der Waals surface area (Å²) in [6.07, 6.45) is 7.02. The highest BCUT2D eigenvalue weighted by atomic mass is 127. The van der Waals surface area contributed by atoms with Crippen LogP contribution in [-0.4, -0.2) is 99.7 Å². The number of piperazine rings is 1. The Morgan fingerprint density at radius 2 is 1.83 bits per heavy atom. The second kappa shape index (κ2) is 12.9. The van der Waals surface area contributed by atoms with Crippen molar-refractivity contribution in [2.24, 2.45) is 16.8 Å². The van der Waals surface area contributed by atoms with Gasteiger partial charge in [-0.2, -0.15) is 0 Å². The van der Waals surface area contributed by atoms with E-state index >= 15 is 0 Å². The first-order valence-corrected chi connectivity index (χ1v) is 11.2. The van der Waals surface area contributed by atoms with Crippen LogP contribution in [0.25, 0.3) is 0 Å². The van der Waals surface area contributed by atoms with Gasteiger partial charge in [0.25, 0.3) is 0 Å². The number of nitrogens with one attached hydrogen (secondary N) is 1. The minimum atomic E-state index is 0. The third kappa shape index (κ3) is 7.54. The molecule has 0 atom stereocenters. The van der Waals surface area contributed by atoms with Crippen LogP contribution in [0.5, 0.6) is 0 Å². The normalized spacial score (nSPS) is 22.0. The van der Waals surface area contributed by atoms with Gasteiger partial charge in [-0.15, -0.1) is 24.0 Å². The molecule has 0 aromatic rings. The highest BCUT2D eigenvalue weighted by Crippen LogP contribution is 2.28. The number of guanidine groups is 1. The number of rotatable bonds is 7. The number of amides is 1.